The summed E-state index contributed by atoms with van der Waals surface area (Å²) in [7, 11) is 0. The summed E-state index contributed by atoms with van der Waals surface area (Å²) in [6.45, 7) is 12.9. The molecular formula is C23H32N4O2. The fraction of sp³-hybridized carbons (Fsp3) is 0.522. The molecule has 0 fully saturated rings. The minimum atomic E-state index is -0.369. The van der Waals surface area contributed by atoms with Crippen LogP contribution in [-0.4, -0.2) is 26.9 Å². The zero-order valence-electron chi connectivity index (χ0n) is 18.3. The Balaban J connectivity index is 1.96. The fourth-order valence-electron chi connectivity index (χ4n) is 3.72. The van der Waals surface area contributed by atoms with Crippen LogP contribution in [0.5, 0.6) is 0 Å². The van der Waals surface area contributed by atoms with Gasteiger partial charge < -0.3 is 15.2 Å². The van der Waals surface area contributed by atoms with Crippen molar-refractivity contribution in [3.63, 3.8) is 0 Å². The molecule has 0 radical (unpaired) electrons. The molecular weight excluding hydrogens is 364 g/mol. The molecule has 0 atom stereocenters. The lowest BCUT2D eigenvalue weighted by Crippen LogP contribution is -2.42. The Morgan fingerprint density at radius 1 is 1.00 bits per heavy atom. The van der Waals surface area contributed by atoms with Gasteiger partial charge in [0.15, 0.2) is 11.5 Å². The van der Waals surface area contributed by atoms with E-state index in [1.165, 1.54) is 0 Å². The minimum absolute atomic E-state index is 0.102. The molecule has 0 unspecified atom stereocenters. The Kier molecular flexibility index (Phi) is 5.57. The molecule has 6 heteroatoms. The van der Waals surface area contributed by atoms with Gasteiger partial charge in [0.2, 0.25) is 0 Å². The maximum absolute atomic E-state index is 13.2. The van der Waals surface area contributed by atoms with Crippen LogP contribution in [0.2, 0.25) is 0 Å². The number of imidazole rings is 1. The van der Waals surface area contributed by atoms with Gasteiger partial charge in [-0.3, -0.25) is 9.59 Å². The van der Waals surface area contributed by atoms with Crippen molar-refractivity contribution in [2.24, 2.45) is 0 Å². The standard InChI is InChI=1S/C23H32N4O2/c1-22(2,3)15-11-7-8-12-16(15)24-20(28)18-17-13-9-10-14-27(17)19(25-18)21(29)26-23(4,5)6/h7-8,11-12H,9-10,13-14H2,1-6H3,(H,24,28)(H,26,29). The molecule has 6 nitrogen and oxygen atoms in total. The summed E-state index contributed by atoms with van der Waals surface area (Å²) in [6.07, 6.45) is 2.72. The smallest absolute Gasteiger partial charge is 0.287 e. The fourth-order valence-corrected chi connectivity index (χ4v) is 3.72. The number of aromatic nitrogens is 2. The van der Waals surface area contributed by atoms with E-state index in [9.17, 15) is 9.59 Å². The monoisotopic (exact) mass is 396 g/mol. The third-order valence-corrected chi connectivity index (χ3v) is 5.01. The number of carbonyl (C=O) groups excluding carboxylic acids is 2. The van der Waals surface area contributed by atoms with Gasteiger partial charge in [-0.1, -0.05) is 39.0 Å². The van der Waals surface area contributed by atoms with E-state index < -0.39 is 0 Å². The van der Waals surface area contributed by atoms with E-state index in [-0.39, 0.29) is 22.8 Å². The van der Waals surface area contributed by atoms with Crippen molar-refractivity contribution in [1.82, 2.24) is 14.9 Å². The molecule has 156 valence electrons. The van der Waals surface area contributed by atoms with Crippen LogP contribution < -0.4 is 10.6 Å². The normalized spacial score (nSPS) is 14.3. The largest absolute Gasteiger partial charge is 0.345 e. The average molecular weight is 397 g/mol. The predicted molar refractivity (Wildman–Crippen MR) is 115 cm³/mol. The summed E-state index contributed by atoms with van der Waals surface area (Å²) in [4.78, 5) is 30.5. The van der Waals surface area contributed by atoms with Crippen LogP contribution in [0.4, 0.5) is 5.69 Å². The zero-order chi connectivity index (χ0) is 21.4. The van der Waals surface area contributed by atoms with E-state index in [1.807, 2.05) is 49.6 Å². The van der Waals surface area contributed by atoms with Crippen molar-refractivity contribution in [2.45, 2.75) is 78.3 Å². The number of nitrogens with one attached hydrogen (secondary N) is 2. The Morgan fingerprint density at radius 2 is 1.69 bits per heavy atom. The second-order valence-electron chi connectivity index (χ2n) is 9.79. The van der Waals surface area contributed by atoms with Crippen molar-refractivity contribution in [3.8, 4) is 0 Å². The summed E-state index contributed by atoms with van der Waals surface area (Å²) in [5.41, 5.74) is 2.57. The molecule has 1 aliphatic heterocycles. The number of rotatable bonds is 3. The molecule has 0 spiro atoms. The van der Waals surface area contributed by atoms with Gasteiger partial charge in [0.05, 0.1) is 5.69 Å². The van der Waals surface area contributed by atoms with Gasteiger partial charge in [0, 0.05) is 17.8 Å². The molecule has 0 aliphatic carbocycles. The van der Waals surface area contributed by atoms with Gasteiger partial charge in [-0.25, -0.2) is 4.98 Å². The van der Waals surface area contributed by atoms with Gasteiger partial charge in [-0.15, -0.1) is 0 Å². The molecule has 1 aliphatic rings. The van der Waals surface area contributed by atoms with Gasteiger partial charge in [0.1, 0.15) is 0 Å². The molecule has 2 amide bonds. The summed E-state index contributed by atoms with van der Waals surface area (Å²) in [5, 5.41) is 6.00. The second kappa shape index (κ2) is 7.65. The number of fused-ring (bicyclic) bond motifs is 1. The van der Waals surface area contributed by atoms with Gasteiger partial charge in [-0.2, -0.15) is 0 Å². The van der Waals surface area contributed by atoms with Crippen molar-refractivity contribution < 1.29 is 9.59 Å². The second-order valence-corrected chi connectivity index (χ2v) is 9.79. The molecule has 2 heterocycles. The Morgan fingerprint density at radius 3 is 2.34 bits per heavy atom. The van der Waals surface area contributed by atoms with Crippen LogP contribution in [0.25, 0.3) is 0 Å². The highest BCUT2D eigenvalue weighted by atomic mass is 16.2. The summed E-state index contributed by atoms with van der Waals surface area (Å²) < 4.78 is 1.91. The molecule has 3 rings (SSSR count). The first-order valence-corrected chi connectivity index (χ1v) is 10.3. The number of para-hydroxylation sites is 1. The van der Waals surface area contributed by atoms with Crippen molar-refractivity contribution in [2.75, 3.05) is 5.32 Å². The maximum atomic E-state index is 13.2. The highest BCUT2D eigenvalue weighted by Crippen LogP contribution is 2.30. The first-order chi connectivity index (χ1) is 13.5. The van der Waals surface area contributed by atoms with Gasteiger partial charge >= 0.3 is 0 Å². The molecule has 0 bridgehead atoms. The minimum Gasteiger partial charge on any atom is -0.345 e. The van der Waals surface area contributed by atoms with E-state index in [2.05, 4.69) is 36.4 Å². The van der Waals surface area contributed by atoms with Crippen molar-refractivity contribution in [3.05, 3.63) is 47.0 Å². The molecule has 0 saturated heterocycles. The number of carbonyl (C=O) groups is 2. The molecule has 29 heavy (non-hydrogen) atoms. The van der Waals surface area contributed by atoms with Crippen LogP contribution >= 0.6 is 0 Å². The number of anilines is 1. The lowest BCUT2D eigenvalue weighted by atomic mass is 9.86. The third-order valence-electron chi connectivity index (χ3n) is 5.01. The number of hydrogen-bond acceptors (Lipinski definition) is 3. The molecule has 2 aromatic rings. The topological polar surface area (TPSA) is 76.0 Å². The van der Waals surface area contributed by atoms with Crippen molar-refractivity contribution in [1.29, 1.82) is 0 Å². The highest BCUT2D eigenvalue weighted by molar-refractivity contribution is 6.05. The van der Waals surface area contributed by atoms with Crippen LogP contribution in [0.3, 0.4) is 0 Å². The first kappa shape index (κ1) is 21.1. The van der Waals surface area contributed by atoms with E-state index in [4.69, 9.17) is 0 Å². The van der Waals surface area contributed by atoms with Crippen LogP contribution in [0.15, 0.2) is 24.3 Å². The van der Waals surface area contributed by atoms with E-state index >= 15 is 0 Å². The molecule has 1 aromatic heterocycles. The predicted octanol–water partition coefficient (Wildman–Crippen LogP) is 4.30. The van der Waals surface area contributed by atoms with Crippen LogP contribution in [0.1, 0.15) is 86.7 Å². The Bertz CT molecular complexity index is 929. The zero-order valence-corrected chi connectivity index (χ0v) is 18.3. The summed E-state index contributed by atoms with van der Waals surface area (Å²) >= 11 is 0. The van der Waals surface area contributed by atoms with Crippen LogP contribution in [0, 0.1) is 0 Å². The maximum Gasteiger partial charge on any atom is 0.287 e. The summed E-state index contributed by atoms with van der Waals surface area (Å²) in [6, 6.07) is 7.83. The van der Waals surface area contributed by atoms with E-state index in [1.54, 1.807) is 0 Å². The molecule has 0 saturated carbocycles. The van der Waals surface area contributed by atoms with Gasteiger partial charge in [0.25, 0.3) is 11.8 Å². The Hall–Kier alpha value is -2.63. The number of hydrogen-bond donors (Lipinski definition) is 2. The van der Waals surface area contributed by atoms with Crippen molar-refractivity contribution >= 4 is 17.5 Å². The lowest BCUT2D eigenvalue weighted by molar-refractivity contribution is 0.0903. The molecule has 1 aromatic carbocycles. The average Bonchev–Trinajstić information content (AvgIpc) is 3.00. The van der Waals surface area contributed by atoms with Gasteiger partial charge in [-0.05, 0) is 57.1 Å². The number of benzene rings is 1. The van der Waals surface area contributed by atoms with Crippen LogP contribution in [-0.2, 0) is 18.4 Å². The van der Waals surface area contributed by atoms with E-state index in [0.717, 1.165) is 36.2 Å². The lowest BCUT2D eigenvalue weighted by Gasteiger charge is -2.23. The van der Waals surface area contributed by atoms with E-state index in [0.29, 0.717) is 18.1 Å². The molecule has 2 N–H and O–H groups in total. The number of amides is 2. The Labute approximate surface area is 173 Å². The third kappa shape index (κ3) is 4.69. The quantitative estimate of drug-likeness (QED) is 0.812. The highest BCUT2D eigenvalue weighted by Gasteiger charge is 2.29. The summed E-state index contributed by atoms with van der Waals surface area (Å²) in [5.74, 6) is -0.180. The SMILES string of the molecule is CC(C)(C)NC(=O)c1nc(C(=O)Nc2ccccc2C(C)(C)C)c2n1CCCC2. The first-order valence-electron chi connectivity index (χ1n) is 10.3. The number of nitrogens with zero attached hydrogens (tertiary/aromatic N) is 2.